The van der Waals surface area contributed by atoms with Gasteiger partial charge >= 0.3 is 0 Å². The summed E-state index contributed by atoms with van der Waals surface area (Å²) in [5.41, 5.74) is 0.881. The average Bonchev–Trinajstić information content (AvgIpc) is 2.62. The number of rotatable bonds is 5. The highest BCUT2D eigenvalue weighted by Gasteiger charge is 2.30. The van der Waals surface area contributed by atoms with Gasteiger partial charge in [0.25, 0.3) is 5.24 Å². The Kier molecular flexibility index (Phi) is 6.74. The van der Waals surface area contributed by atoms with Gasteiger partial charge in [0.05, 0.1) is 15.6 Å². The molecule has 0 unspecified atom stereocenters. The van der Waals surface area contributed by atoms with Crippen molar-refractivity contribution >= 4 is 51.9 Å². The van der Waals surface area contributed by atoms with Crippen molar-refractivity contribution in [1.82, 2.24) is 9.88 Å². The second-order valence-corrected chi connectivity index (χ2v) is 9.49. The van der Waals surface area contributed by atoms with E-state index in [1.165, 1.54) is 11.8 Å². The first-order valence-corrected chi connectivity index (χ1v) is 11.2. The largest absolute Gasteiger partial charge is 0.298 e. The molecule has 0 bridgehead atoms. The molecule has 1 amide bonds. The fraction of sp³-hybridized carbons (Fsp3) is 0.400. The molecule has 3 rings (SSSR count). The third-order valence-corrected chi connectivity index (χ3v) is 6.53. The third kappa shape index (κ3) is 4.62. The minimum Gasteiger partial charge on any atom is -0.298 e. The third-order valence-electron chi connectivity index (χ3n) is 4.42. The lowest BCUT2D eigenvalue weighted by molar-refractivity contribution is 0.187. The standard InChI is InChI=1S/C20H24ClN3OS2/c1-13(2)23(14(3)4)9-10-26-20(25)24-16-7-5-6-8-17(16)27-18-11-15(21)12-22-19(18)24/h5-8,11-14H,9-10H2,1-4H3. The number of benzene rings is 1. The van der Waals surface area contributed by atoms with Crippen LogP contribution in [0.5, 0.6) is 0 Å². The number of pyridine rings is 1. The van der Waals surface area contributed by atoms with E-state index in [0.717, 1.165) is 27.8 Å². The number of carbonyl (C=O) groups excluding carboxylic acids is 1. The van der Waals surface area contributed by atoms with Crippen LogP contribution in [0.2, 0.25) is 5.02 Å². The number of carbonyl (C=O) groups is 1. The monoisotopic (exact) mass is 421 g/mol. The van der Waals surface area contributed by atoms with Gasteiger partial charge in [-0.3, -0.25) is 14.6 Å². The lowest BCUT2D eigenvalue weighted by atomic mass is 10.2. The summed E-state index contributed by atoms with van der Waals surface area (Å²) in [6.07, 6.45) is 1.60. The Morgan fingerprint density at radius 2 is 1.93 bits per heavy atom. The molecular formula is C20H24ClN3OS2. The number of halogens is 1. The maximum atomic E-state index is 13.1. The summed E-state index contributed by atoms with van der Waals surface area (Å²) in [5.74, 6) is 1.40. The van der Waals surface area contributed by atoms with E-state index in [9.17, 15) is 4.79 Å². The van der Waals surface area contributed by atoms with E-state index in [1.54, 1.807) is 22.9 Å². The molecule has 0 saturated heterocycles. The van der Waals surface area contributed by atoms with Crippen LogP contribution >= 0.6 is 35.1 Å². The van der Waals surface area contributed by atoms with Crippen molar-refractivity contribution in [3.8, 4) is 0 Å². The summed E-state index contributed by atoms with van der Waals surface area (Å²) in [5, 5.41) is 0.566. The molecule has 0 atom stereocenters. The van der Waals surface area contributed by atoms with Crippen LogP contribution in [-0.2, 0) is 0 Å². The van der Waals surface area contributed by atoms with Crippen LogP contribution in [0.15, 0.2) is 46.3 Å². The molecule has 27 heavy (non-hydrogen) atoms. The Morgan fingerprint density at radius 1 is 1.22 bits per heavy atom. The van der Waals surface area contributed by atoms with Gasteiger partial charge in [-0.1, -0.05) is 47.3 Å². The Morgan fingerprint density at radius 3 is 2.63 bits per heavy atom. The topological polar surface area (TPSA) is 36.4 Å². The molecule has 0 saturated carbocycles. The van der Waals surface area contributed by atoms with Crippen molar-refractivity contribution in [3.63, 3.8) is 0 Å². The van der Waals surface area contributed by atoms with Gasteiger partial charge in [-0.15, -0.1) is 0 Å². The number of hydrogen-bond donors (Lipinski definition) is 0. The molecule has 1 aliphatic rings. The molecule has 0 aliphatic carbocycles. The summed E-state index contributed by atoms with van der Waals surface area (Å²) in [4.78, 5) is 23.6. The average molecular weight is 422 g/mol. The summed E-state index contributed by atoms with van der Waals surface area (Å²) in [7, 11) is 0. The van der Waals surface area contributed by atoms with Gasteiger partial charge in [-0.05, 0) is 45.9 Å². The highest BCUT2D eigenvalue weighted by Crippen LogP contribution is 2.48. The molecule has 0 fully saturated rings. The Hall–Kier alpha value is -1.21. The molecule has 7 heteroatoms. The van der Waals surface area contributed by atoms with Crippen LogP contribution in [0, 0.1) is 0 Å². The van der Waals surface area contributed by atoms with Crippen molar-refractivity contribution in [1.29, 1.82) is 0 Å². The first kappa shape index (κ1) is 20.5. The van der Waals surface area contributed by atoms with Gasteiger partial charge in [0, 0.05) is 35.5 Å². The molecule has 2 heterocycles. The van der Waals surface area contributed by atoms with Gasteiger partial charge in [-0.2, -0.15) is 0 Å². The molecule has 144 valence electrons. The number of fused-ring (bicyclic) bond motifs is 2. The van der Waals surface area contributed by atoms with Gasteiger partial charge in [0.1, 0.15) is 0 Å². The summed E-state index contributed by atoms with van der Waals surface area (Å²) < 4.78 is 0. The van der Waals surface area contributed by atoms with Crippen LogP contribution in [-0.4, -0.2) is 39.5 Å². The molecular weight excluding hydrogens is 398 g/mol. The summed E-state index contributed by atoms with van der Waals surface area (Å²) in [6, 6.07) is 10.7. The molecule has 1 aromatic heterocycles. The van der Waals surface area contributed by atoms with Crippen LogP contribution in [0.3, 0.4) is 0 Å². The SMILES string of the molecule is CC(C)N(CCSC(=O)N1c2ccccc2Sc2cc(Cl)cnc21)C(C)C. The second-order valence-electron chi connectivity index (χ2n) is 6.92. The smallest absolute Gasteiger partial charge is 0.291 e. The zero-order chi connectivity index (χ0) is 19.6. The highest BCUT2D eigenvalue weighted by atomic mass is 35.5. The molecule has 1 aromatic carbocycles. The van der Waals surface area contributed by atoms with Crippen molar-refractivity contribution in [2.75, 3.05) is 17.2 Å². The number of anilines is 2. The van der Waals surface area contributed by atoms with E-state index < -0.39 is 0 Å². The summed E-state index contributed by atoms with van der Waals surface area (Å²) in [6.45, 7) is 9.63. The minimum absolute atomic E-state index is 0.00807. The van der Waals surface area contributed by atoms with Crippen molar-refractivity contribution in [3.05, 3.63) is 41.6 Å². The van der Waals surface area contributed by atoms with Crippen LogP contribution < -0.4 is 4.90 Å². The molecule has 4 nitrogen and oxygen atoms in total. The first-order valence-electron chi connectivity index (χ1n) is 9.03. The van der Waals surface area contributed by atoms with Crippen LogP contribution in [0.1, 0.15) is 27.7 Å². The molecule has 0 spiro atoms. The maximum absolute atomic E-state index is 13.1. The molecule has 0 radical (unpaired) electrons. The minimum atomic E-state index is -0.00807. The lowest BCUT2D eigenvalue weighted by Crippen LogP contribution is -2.39. The Bertz CT molecular complexity index is 821. The Balaban J connectivity index is 1.80. The molecule has 2 aromatic rings. The zero-order valence-electron chi connectivity index (χ0n) is 16.0. The van der Waals surface area contributed by atoms with Gasteiger partial charge in [-0.25, -0.2) is 4.98 Å². The summed E-state index contributed by atoms with van der Waals surface area (Å²) >= 11 is 9.06. The van der Waals surface area contributed by atoms with E-state index in [2.05, 4.69) is 37.6 Å². The van der Waals surface area contributed by atoms with Crippen LogP contribution in [0.4, 0.5) is 16.3 Å². The lowest BCUT2D eigenvalue weighted by Gasteiger charge is -2.31. The number of thioether (sulfide) groups is 1. The highest BCUT2D eigenvalue weighted by molar-refractivity contribution is 8.14. The molecule has 1 aliphatic heterocycles. The van der Waals surface area contributed by atoms with E-state index in [-0.39, 0.29) is 5.24 Å². The normalized spacial score (nSPS) is 13.3. The van der Waals surface area contributed by atoms with Crippen molar-refractivity contribution in [2.45, 2.75) is 49.6 Å². The number of hydrogen-bond acceptors (Lipinski definition) is 5. The van der Waals surface area contributed by atoms with Crippen molar-refractivity contribution in [2.24, 2.45) is 0 Å². The number of nitrogens with zero attached hydrogens (tertiary/aromatic N) is 3. The molecule has 0 N–H and O–H groups in total. The fourth-order valence-electron chi connectivity index (χ4n) is 3.22. The maximum Gasteiger partial charge on any atom is 0.291 e. The fourth-order valence-corrected chi connectivity index (χ4v) is 5.30. The predicted molar refractivity (Wildman–Crippen MR) is 117 cm³/mol. The quantitative estimate of drug-likeness (QED) is 0.565. The van der Waals surface area contributed by atoms with Gasteiger partial charge in [0.2, 0.25) is 0 Å². The Labute approximate surface area is 174 Å². The van der Waals surface area contributed by atoms with E-state index in [1.807, 2.05) is 30.3 Å². The number of aromatic nitrogens is 1. The van der Waals surface area contributed by atoms with Gasteiger partial charge < -0.3 is 0 Å². The number of para-hydroxylation sites is 1. The zero-order valence-corrected chi connectivity index (χ0v) is 18.4. The number of amides is 1. The first-order chi connectivity index (χ1) is 12.9. The van der Waals surface area contributed by atoms with E-state index in [0.29, 0.717) is 22.9 Å². The van der Waals surface area contributed by atoms with Gasteiger partial charge in [0.15, 0.2) is 5.82 Å². The second kappa shape index (κ2) is 8.86. The van der Waals surface area contributed by atoms with E-state index >= 15 is 0 Å². The van der Waals surface area contributed by atoms with Crippen molar-refractivity contribution < 1.29 is 4.79 Å². The van der Waals surface area contributed by atoms with E-state index in [4.69, 9.17) is 11.6 Å². The van der Waals surface area contributed by atoms with Crippen LogP contribution in [0.25, 0.3) is 0 Å². The predicted octanol–water partition coefficient (Wildman–Crippen LogP) is 6.31.